The monoisotopic (exact) mass is 238 g/mol. The average molecular weight is 238 g/mol. The van der Waals surface area contributed by atoms with Crippen LogP contribution >= 0.6 is 0 Å². The quantitative estimate of drug-likeness (QED) is 0.691. The van der Waals surface area contributed by atoms with E-state index in [0.717, 1.165) is 19.6 Å². The third-order valence-electron chi connectivity index (χ3n) is 3.26. The van der Waals surface area contributed by atoms with Gasteiger partial charge >= 0.3 is 0 Å². The zero-order valence-corrected chi connectivity index (χ0v) is 11.2. The maximum atomic E-state index is 12.0. The van der Waals surface area contributed by atoms with E-state index in [4.69, 9.17) is 5.26 Å². The van der Waals surface area contributed by atoms with Gasteiger partial charge in [0.2, 0.25) is 5.91 Å². The first-order chi connectivity index (χ1) is 7.97. The van der Waals surface area contributed by atoms with Crippen LogP contribution in [-0.4, -0.2) is 73.5 Å². The van der Waals surface area contributed by atoms with E-state index in [0.29, 0.717) is 6.04 Å². The van der Waals surface area contributed by atoms with E-state index < -0.39 is 0 Å². The maximum absolute atomic E-state index is 12.0. The van der Waals surface area contributed by atoms with Crippen LogP contribution in [0.15, 0.2) is 0 Å². The molecule has 5 heteroatoms. The van der Waals surface area contributed by atoms with Gasteiger partial charge < -0.3 is 9.80 Å². The summed E-state index contributed by atoms with van der Waals surface area (Å²) in [5.41, 5.74) is 0. The summed E-state index contributed by atoms with van der Waals surface area (Å²) in [6, 6.07) is 2.17. The van der Waals surface area contributed by atoms with Gasteiger partial charge in [-0.1, -0.05) is 0 Å². The van der Waals surface area contributed by atoms with Crippen molar-refractivity contribution in [2.24, 2.45) is 0 Å². The van der Waals surface area contributed by atoms with Gasteiger partial charge in [-0.3, -0.25) is 9.69 Å². The minimum absolute atomic E-state index is 0.0726. The van der Waals surface area contributed by atoms with Crippen molar-refractivity contribution in [3.63, 3.8) is 0 Å². The van der Waals surface area contributed by atoms with Crippen molar-refractivity contribution in [1.29, 1.82) is 5.26 Å². The van der Waals surface area contributed by atoms with Gasteiger partial charge in [-0.25, -0.2) is 0 Å². The Labute approximate surface area is 104 Å². The zero-order chi connectivity index (χ0) is 13.0. The number of carbonyl (C=O) groups is 1. The predicted octanol–water partition coefficient (Wildman–Crippen LogP) is -0.00722. The topological polar surface area (TPSA) is 50.6 Å². The van der Waals surface area contributed by atoms with Gasteiger partial charge in [0.25, 0.3) is 0 Å². The van der Waals surface area contributed by atoms with Gasteiger partial charge in [-0.15, -0.1) is 0 Å². The van der Waals surface area contributed by atoms with Gasteiger partial charge in [0.15, 0.2) is 0 Å². The molecular formula is C12H22N4O. The van der Waals surface area contributed by atoms with E-state index in [1.807, 2.05) is 21.1 Å². The van der Waals surface area contributed by atoms with Crippen molar-refractivity contribution < 1.29 is 4.79 Å². The summed E-state index contributed by atoms with van der Waals surface area (Å²) < 4.78 is 0. The van der Waals surface area contributed by atoms with Crippen LogP contribution in [0.25, 0.3) is 0 Å². The van der Waals surface area contributed by atoms with E-state index in [9.17, 15) is 4.79 Å². The number of hydrogen-bond acceptors (Lipinski definition) is 4. The van der Waals surface area contributed by atoms with Crippen molar-refractivity contribution in [2.75, 3.05) is 40.8 Å². The van der Waals surface area contributed by atoms with Crippen LogP contribution < -0.4 is 0 Å². The molecule has 1 heterocycles. The summed E-state index contributed by atoms with van der Waals surface area (Å²) in [5.74, 6) is 0.0726. The Bertz CT molecular complexity index is 310. The highest BCUT2D eigenvalue weighted by Crippen LogP contribution is 2.18. The number of carbonyl (C=O) groups excluding carboxylic acids is 1. The summed E-state index contributed by atoms with van der Waals surface area (Å²) in [6.45, 7) is 4.60. The largest absolute Gasteiger partial charge is 0.343 e. The van der Waals surface area contributed by atoms with E-state index in [1.165, 1.54) is 0 Å². The molecule has 17 heavy (non-hydrogen) atoms. The average Bonchev–Trinajstić information content (AvgIpc) is 2.24. The number of piperazine rings is 1. The highest BCUT2D eigenvalue weighted by atomic mass is 16.2. The number of rotatable bonds is 4. The Morgan fingerprint density at radius 2 is 2.18 bits per heavy atom. The molecule has 1 aliphatic heterocycles. The molecule has 0 N–H and O–H groups in total. The maximum Gasteiger partial charge on any atom is 0.240 e. The molecule has 1 amide bonds. The second kappa shape index (κ2) is 5.99. The lowest BCUT2D eigenvalue weighted by molar-refractivity contribution is -0.142. The Hall–Kier alpha value is -1.12. The van der Waals surface area contributed by atoms with Crippen LogP contribution in [0, 0.1) is 11.3 Å². The van der Waals surface area contributed by atoms with Crippen LogP contribution in [0.3, 0.4) is 0 Å². The lowest BCUT2D eigenvalue weighted by Crippen LogP contribution is -2.60. The number of likely N-dealkylation sites (N-methyl/N-ethyl adjacent to an activating group) is 2. The normalized spacial score (nSPS) is 26.4. The van der Waals surface area contributed by atoms with Gasteiger partial charge in [0.1, 0.15) is 6.04 Å². The third-order valence-corrected chi connectivity index (χ3v) is 3.26. The van der Waals surface area contributed by atoms with E-state index in [1.54, 1.807) is 4.90 Å². The number of nitrogens with zero attached hydrogens (tertiary/aromatic N) is 4. The van der Waals surface area contributed by atoms with Gasteiger partial charge in [0, 0.05) is 32.7 Å². The first-order valence-corrected chi connectivity index (χ1v) is 5.99. The Kier molecular flexibility index (Phi) is 4.91. The molecule has 0 saturated carbocycles. The molecule has 0 spiro atoms. The van der Waals surface area contributed by atoms with E-state index >= 15 is 0 Å². The Morgan fingerprint density at radius 1 is 1.53 bits per heavy atom. The SMILES string of the molecule is CC1CN(C)C(=O)C(CC#N)N1CCN(C)C. The summed E-state index contributed by atoms with van der Waals surface area (Å²) >= 11 is 0. The fraction of sp³-hybridized carbons (Fsp3) is 0.833. The first kappa shape index (κ1) is 13.9. The minimum Gasteiger partial charge on any atom is -0.343 e. The molecule has 1 aliphatic rings. The summed E-state index contributed by atoms with van der Waals surface area (Å²) in [4.78, 5) is 18.0. The Balaban J connectivity index is 2.74. The number of amides is 1. The second-order valence-corrected chi connectivity index (χ2v) is 4.99. The molecule has 0 aromatic heterocycles. The fourth-order valence-electron chi connectivity index (χ4n) is 2.28. The van der Waals surface area contributed by atoms with Gasteiger partial charge in [-0.2, -0.15) is 5.26 Å². The number of nitriles is 1. The van der Waals surface area contributed by atoms with Crippen molar-refractivity contribution >= 4 is 5.91 Å². The van der Waals surface area contributed by atoms with Crippen LogP contribution in [0.2, 0.25) is 0 Å². The van der Waals surface area contributed by atoms with Crippen LogP contribution in [-0.2, 0) is 4.79 Å². The summed E-state index contributed by atoms with van der Waals surface area (Å²) in [7, 11) is 5.84. The van der Waals surface area contributed by atoms with Crippen LogP contribution in [0.4, 0.5) is 0 Å². The molecular weight excluding hydrogens is 216 g/mol. The molecule has 5 nitrogen and oxygen atoms in total. The molecule has 0 aliphatic carbocycles. The molecule has 0 aromatic rings. The molecule has 2 atom stereocenters. The molecule has 2 unspecified atom stereocenters. The van der Waals surface area contributed by atoms with E-state index in [-0.39, 0.29) is 18.4 Å². The highest BCUT2D eigenvalue weighted by Gasteiger charge is 2.36. The van der Waals surface area contributed by atoms with Gasteiger partial charge in [-0.05, 0) is 21.0 Å². The lowest BCUT2D eigenvalue weighted by atomic mass is 10.0. The molecule has 1 fully saturated rings. The predicted molar refractivity (Wildman–Crippen MR) is 66.4 cm³/mol. The van der Waals surface area contributed by atoms with Crippen LogP contribution in [0.1, 0.15) is 13.3 Å². The van der Waals surface area contributed by atoms with Gasteiger partial charge in [0.05, 0.1) is 12.5 Å². The third kappa shape index (κ3) is 3.42. The second-order valence-electron chi connectivity index (χ2n) is 4.99. The molecule has 0 radical (unpaired) electrons. The molecule has 96 valence electrons. The minimum atomic E-state index is -0.270. The molecule has 1 saturated heterocycles. The Morgan fingerprint density at radius 3 is 2.71 bits per heavy atom. The van der Waals surface area contributed by atoms with Crippen molar-refractivity contribution in [1.82, 2.24) is 14.7 Å². The van der Waals surface area contributed by atoms with Crippen molar-refractivity contribution in [3.05, 3.63) is 0 Å². The number of hydrogen-bond donors (Lipinski definition) is 0. The van der Waals surface area contributed by atoms with Crippen molar-refractivity contribution in [3.8, 4) is 6.07 Å². The highest BCUT2D eigenvalue weighted by molar-refractivity contribution is 5.82. The fourth-order valence-corrected chi connectivity index (χ4v) is 2.28. The summed E-state index contributed by atoms with van der Waals surface area (Å²) in [6.07, 6.45) is 0.279. The van der Waals surface area contributed by atoms with E-state index in [2.05, 4.69) is 22.8 Å². The standard InChI is InChI=1S/C12H22N4O/c1-10-9-15(4)12(17)11(5-6-13)16(10)8-7-14(2)3/h10-11H,5,7-9H2,1-4H3. The zero-order valence-electron chi connectivity index (χ0n) is 11.2. The first-order valence-electron chi connectivity index (χ1n) is 5.99. The lowest BCUT2D eigenvalue weighted by Gasteiger charge is -2.43. The molecule has 0 aromatic carbocycles. The summed E-state index contributed by atoms with van der Waals surface area (Å²) in [5, 5.41) is 8.85. The molecule has 0 bridgehead atoms. The van der Waals surface area contributed by atoms with Crippen LogP contribution in [0.5, 0.6) is 0 Å². The smallest absolute Gasteiger partial charge is 0.240 e. The molecule has 1 rings (SSSR count). The van der Waals surface area contributed by atoms with Crippen molar-refractivity contribution in [2.45, 2.75) is 25.4 Å².